The number of carbonyl (C=O) groups is 1. The Labute approximate surface area is 151 Å². The Kier molecular flexibility index (Phi) is 4.29. The lowest BCUT2D eigenvalue weighted by Crippen LogP contribution is -2.21. The molecule has 132 valence electrons. The largest absolute Gasteiger partial charge is 0.497 e. The van der Waals surface area contributed by atoms with Gasteiger partial charge in [-0.05, 0) is 55.3 Å². The Morgan fingerprint density at radius 2 is 1.85 bits per heavy atom. The molecule has 0 spiro atoms. The zero-order valence-corrected chi connectivity index (χ0v) is 14.5. The van der Waals surface area contributed by atoms with Crippen LogP contribution in [0.3, 0.4) is 0 Å². The summed E-state index contributed by atoms with van der Waals surface area (Å²) in [4.78, 5) is 19.7. The lowest BCUT2D eigenvalue weighted by atomic mass is 10.00. The molecule has 0 radical (unpaired) electrons. The van der Waals surface area contributed by atoms with Gasteiger partial charge in [-0.1, -0.05) is 0 Å². The van der Waals surface area contributed by atoms with Gasteiger partial charge in [0.2, 0.25) is 0 Å². The van der Waals surface area contributed by atoms with Crippen LogP contribution in [0.2, 0.25) is 0 Å². The minimum absolute atomic E-state index is 0.117. The molecule has 0 amide bonds. The van der Waals surface area contributed by atoms with Gasteiger partial charge in [0.1, 0.15) is 11.6 Å². The number of aromatic nitrogens is 1. The molecular weight excluding hydrogens is 331 g/mol. The van der Waals surface area contributed by atoms with E-state index >= 15 is 0 Å². The van der Waals surface area contributed by atoms with Crippen LogP contribution in [0.5, 0.6) is 5.75 Å². The fraction of sp³-hybridized carbons (Fsp3) is 0.238. The Morgan fingerprint density at radius 3 is 2.54 bits per heavy atom. The number of carbonyl (C=O) groups excluding carboxylic acids is 1. The number of ketones is 1. The fourth-order valence-corrected chi connectivity index (χ4v) is 3.50. The summed E-state index contributed by atoms with van der Waals surface area (Å²) >= 11 is 0. The molecule has 0 saturated carbocycles. The molecular formula is C21H19FN2O2. The van der Waals surface area contributed by atoms with Gasteiger partial charge in [-0.15, -0.1) is 0 Å². The number of ether oxygens (including phenoxy) is 1. The first-order valence-corrected chi connectivity index (χ1v) is 8.69. The first-order valence-electron chi connectivity index (χ1n) is 8.69. The molecule has 0 unspecified atom stereocenters. The van der Waals surface area contributed by atoms with Gasteiger partial charge in [0.15, 0.2) is 5.78 Å². The van der Waals surface area contributed by atoms with Crippen LogP contribution in [0.4, 0.5) is 10.1 Å². The Hall–Kier alpha value is -2.95. The Morgan fingerprint density at radius 1 is 1.12 bits per heavy atom. The average Bonchev–Trinajstić information content (AvgIpc) is 3.21. The van der Waals surface area contributed by atoms with Crippen molar-refractivity contribution in [1.29, 1.82) is 0 Å². The van der Waals surface area contributed by atoms with Crippen LogP contribution in [0.25, 0.3) is 10.9 Å². The van der Waals surface area contributed by atoms with Crippen molar-refractivity contribution in [3.63, 3.8) is 0 Å². The third-order valence-electron chi connectivity index (χ3n) is 4.82. The smallest absolute Gasteiger partial charge is 0.196 e. The van der Waals surface area contributed by atoms with Crippen LogP contribution < -0.4 is 9.64 Å². The topological polar surface area (TPSA) is 42.4 Å². The molecule has 2 aromatic carbocycles. The Balaban J connectivity index is 1.87. The van der Waals surface area contributed by atoms with Gasteiger partial charge in [0.05, 0.1) is 23.9 Å². The number of hydrogen-bond donors (Lipinski definition) is 0. The van der Waals surface area contributed by atoms with Gasteiger partial charge >= 0.3 is 0 Å². The molecule has 26 heavy (non-hydrogen) atoms. The zero-order valence-electron chi connectivity index (χ0n) is 14.5. The van der Waals surface area contributed by atoms with E-state index in [9.17, 15) is 9.18 Å². The SMILES string of the molecule is COc1ccc(C(=O)c2cnc3ccc(F)cc3c2N2CCCC2)cc1. The summed E-state index contributed by atoms with van der Waals surface area (Å²) in [6.07, 6.45) is 3.74. The third-order valence-corrected chi connectivity index (χ3v) is 4.82. The maximum absolute atomic E-state index is 13.9. The number of methoxy groups -OCH3 is 1. The van der Waals surface area contributed by atoms with Gasteiger partial charge in [-0.3, -0.25) is 9.78 Å². The highest BCUT2D eigenvalue weighted by Crippen LogP contribution is 2.34. The van der Waals surface area contributed by atoms with Gasteiger partial charge in [-0.25, -0.2) is 4.39 Å². The van der Waals surface area contributed by atoms with Crippen LogP contribution in [-0.2, 0) is 0 Å². The molecule has 1 aliphatic rings. The fourth-order valence-electron chi connectivity index (χ4n) is 3.50. The monoisotopic (exact) mass is 350 g/mol. The number of pyridine rings is 1. The first kappa shape index (κ1) is 16.5. The van der Waals surface area contributed by atoms with Crippen molar-refractivity contribution < 1.29 is 13.9 Å². The molecule has 5 heteroatoms. The van der Waals surface area contributed by atoms with Crippen LogP contribution in [0, 0.1) is 5.82 Å². The second kappa shape index (κ2) is 6.75. The van der Waals surface area contributed by atoms with Crippen molar-refractivity contribution in [1.82, 2.24) is 4.98 Å². The van der Waals surface area contributed by atoms with Gasteiger partial charge in [0.25, 0.3) is 0 Å². The van der Waals surface area contributed by atoms with Gasteiger partial charge in [-0.2, -0.15) is 0 Å². The molecule has 3 aromatic rings. The van der Waals surface area contributed by atoms with Gasteiger partial charge < -0.3 is 9.64 Å². The Bertz CT molecular complexity index is 964. The molecule has 1 aliphatic heterocycles. The van der Waals surface area contributed by atoms with E-state index in [1.165, 1.54) is 12.1 Å². The molecule has 1 saturated heterocycles. The molecule has 1 fully saturated rings. The highest BCUT2D eigenvalue weighted by atomic mass is 19.1. The van der Waals surface area contributed by atoms with E-state index in [1.54, 1.807) is 43.6 Å². The van der Waals surface area contributed by atoms with Crippen LogP contribution in [-0.4, -0.2) is 31.0 Å². The minimum Gasteiger partial charge on any atom is -0.497 e. The normalized spacial score (nSPS) is 14.0. The highest BCUT2D eigenvalue weighted by molar-refractivity contribution is 6.16. The second-order valence-electron chi connectivity index (χ2n) is 6.43. The lowest BCUT2D eigenvalue weighted by molar-refractivity contribution is 0.103. The molecule has 0 atom stereocenters. The molecule has 4 nitrogen and oxygen atoms in total. The van der Waals surface area contributed by atoms with E-state index in [4.69, 9.17) is 4.74 Å². The number of fused-ring (bicyclic) bond motifs is 1. The van der Waals surface area contributed by atoms with Crippen molar-refractivity contribution >= 4 is 22.4 Å². The van der Waals surface area contributed by atoms with E-state index in [0.29, 0.717) is 27.8 Å². The summed E-state index contributed by atoms with van der Waals surface area (Å²) in [5.41, 5.74) is 2.55. The van der Waals surface area contributed by atoms with Crippen LogP contribution in [0.15, 0.2) is 48.7 Å². The number of benzene rings is 2. The lowest BCUT2D eigenvalue weighted by Gasteiger charge is -2.23. The van der Waals surface area contributed by atoms with Crippen LogP contribution in [0.1, 0.15) is 28.8 Å². The zero-order chi connectivity index (χ0) is 18.1. The standard InChI is InChI=1S/C21H19FN2O2/c1-26-16-7-4-14(5-8-16)21(25)18-13-23-19-9-6-15(22)12-17(19)20(18)24-10-2-3-11-24/h4-9,12-13H,2-3,10-11H2,1H3. The summed E-state index contributed by atoms with van der Waals surface area (Å²) in [5.74, 6) is 0.252. The molecule has 4 rings (SSSR count). The summed E-state index contributed by atoms with van der Waals surface area (Å²) in [6, 6.07) is 11.5. The maximum atomic E-state index is 13.9. The summed E-state index contributed by atoms with van der Waals surface area (Å²) in [5, 5.41) is 0.686. The average molecular weight is 350 g/mol. The van der Waals surface area contributed by atoms with Crippen molar-refractivity contribution in [3.05, 3.63) is 65.6 Å². The molecule has 0 aliphatic carbocycles. The quantitative estimate of drug-likeness (QED) is 0.661. The number of anilines is 1. The second-order valence-corrected chi connectivity index (χ2v) is 6.43. The highest BCUT2D eigenvalue weighted by Gasteiger charge is 2.24. The molecule has 0 N–H and O–H groups in total. The number of rotatable bonds is 4. The van der Waals surface area contributed by atoms with E-state index in [-0.39, 0.29) is 11.6 Å². The predicted molar refractivity (Wildman–Crippen MR) is 99.6 cm³/mol. The summed E-state index contributed by atoms with van der Waals surface area (Å²) in [6.45, 7) is 1.72. The summed E-state index contributed by atoms with van der Waals surface area (Å²) < 4.78 is 19.1. The minimum atomic E-state index is -0.325. The van der Waals surface area contributed by atoms with Crippen LogP contribution >= 0.6 is 0 Å². The number of halogens is 1. The van der Waals surface area contributed by atoms with Crippen molar-refractivity contribution in [2.24, 2.45) is 0 Å². The van der Waals surface area contributed by atoms with E-state index in [1.807, 2.05) is 0 Å². The first-order chi connectivity index (χ1) is 12.7. The third kappa shape index (κ3) is 2.90. The van der Waals surface area contributed by atoms with Crippen molar-refractivity contribution in [3.8, 4) is 5.75 Å². The molecule has 1 aromatic heterocycles. The van der Waals surface area contributed by atoms with E-state index in [0.717, 1.165) is 31.6 Å². The number of hydrogen-bond acceptors (Lipinski definition) is 4. The molecule has 2 heterocycles. The van der Waals surface area contributed by atoms with Gasteiger partial charge in [0, 0.05) is 30.2 Å². The maximum Gasteiger partial charge on any atom is 0.196 e. The number of nitrogens with zero attached hydrogens (tertiary/aromatic N) is 2. The van der Waals surface area contributed by atoms with Crippen molar-refractivity contribution in [2.45, 2.75) is 12.8 Å². The predicted octanol–water partition coefficient (Wildman–Crippen LogP) is 4.21. The van der Waals surface area contributed by atoms with E-state index < -0.39 is 0 Å². The molecule has 0 bridgehead atoms. The van der Waals surface area contributed by atoms with Crippen molar-refractivity contribution in [2.75, 3.05) is 25.1 Å². The van der Waals surface area contributed by atoms with E-state index in [2.05, 4.69) is 9.88 Å². The summed E-state index contributed by atoms with van der Waals surface area (Å²) in [7, 11) is 1.59.